The lowest BCUT2D eigenvalue weighted by molar-refractivity contribution is -0.137. The van der Waals surface area contributed by atoms with E-state index in [-0.39, 0.29) is 10.7 Å². The van der Waals surface area contributed by atoms with Crippen molar-refractivity contribution in [2.45, 2.75) is 11.1 Å². The summed E-state index contributed by atoms with van der Waals surface area (Å²) in [5.74, 6) is 0.596. The number of anilines is 1. The van der Waals surface area contributed by atoms with Gasteiger partial charge in [0.05, 0.1) is 21.2 Å². The smallest absolute Gasteiger partial charge is 0.280 e. The third-order valence-corrected chi connectivity index (χ3v) is 7.71. The molecule has 0 aliphatic carbocycles. The average Bonchev–Trinajstić information content (AvgIpc) is 3.48. The van der Waals surface area contributed by atoms with Gasteiger partial charge in [0.25, 0.3) is 10.0 Å². The number of nitrogens with one attached hydrogen (secondary N) is 1. The number of benzene rings is 2. The molecule has 0 saturated carbocycles. The molecule has 0 amide bonds. The van der Waals surface area contributed by atoms with Crippen LogP contribution in [-0.4, -0.2) is 28.2 Å². The van der Waals surface area contributed by atoms with E-state index in [4.69, 9.17) is 11.6 Å². The van der Waals surface area contributed by atoms with Crippen LogP contribution in [0.2, 0.25) is 5.02 Å². The highest BCUT2D eigenvalue weighted by atomic mass is 35.5. The third-order valence-electron chi connectivity index (χ3n) is 4.99. The maximum Gasteiger partial charge on any atom is 0.416 e. The number of alkyl halides is 3. The molecule has 1 N–H and O–H groups in total. The molecule has 3 heterocycles. The third kappa shape index (κ3) is 4.59. The van der Waals surface area contributed by atoms with Gasteiger partial charge in [-0.1, -0.05) is 29.8 Å². The number of rotatable bonds is 5. The van der Waals surface area contributed by atoms with Crippen LogP contribution in [0, 0.1) is 0 Å². The van der Waals surface area contributed by atoms with E-state index in [9.17, 15) is 21.6 Å². The molecule has 5 aromatic rings. The monoisotopic (exact) mass is 535 g/mol. The summed E-state index contributed by atoms with van der Waals surface area (Å²) in [6.07, 6.45) is -4.71. The Bertz CT molecular complexity index is 1630. The van der Waals surface area contributed by atoms with E-state index in [0.717, 1.165) is 17.0 Å². The number of hydrogen-bond acceptors (Lipinski definition) is 6. The molecule has 7 nitrogen and oxygen atoms in total. The van der Waals surface area contributed by atoms with Crippen molar-refractivity contribution in [2.24, 2.45) is 0 Å². The zero-order chi connectivity index (χ0) is 24.8. The van der Waals surface area contributed by atoms with Crippen LogP contribution in [-0.2, 0) is 16.2 Å². The molecule has 2 aromatic carbocycles. The molecule has 0 bridgehead atoms. The normalized spacial score (nSPS) is 12.2. The first-order chi connectivity index (χ1) is 16.6. The highest BCUT2D eigenvalue weighted by molar-refractivity contribution is 7.92. The second kappa shape index (κ2) is 8.63. The highest BCUT2D eigenvalue weighted by Gasteiger charge is 2.32. The second-order valence-electron chi connectivity index (χ2n) is 7.32. The van der Waals surface area contributed by atoms with Gasteiger partial charge in [-0.05, 0) is 53.9 Å². The van der Waals surface area contributed by atoms with Crippen molar-refractivity contribution in [3.63, 3.8) is 0 Å². The van der Waals surface area contributed by atoms with Crippen LogP contribution in [0.3, 0.4) is 0 Å². The van der Waals surface area contributed by atoms with E-state index >= 15 is 0 Å². The van der Waals surface area contributed by atoms with E-state index in [0.29, 0.717) is 28.8 Å². The topological polar surface area (TPSA) is 89.2 Å². The van der Waals surface area contributed by atoms with Crippen LogP contribution in [0.4, 0.5) is 18.9 Å². The van der Waals surface area contributed by atoms with Crippen molar-refractivity contribution in [3.8, 4) is 22.0 Å². The lowest BCUT2D eigenvalue weighted by Gasteiger charge is -2.13. The molecule has 0 radical (unpaired) electrons. The van der Waals surface area contributed by atoms with Crippen molar-refractivity contribution in [3.05, 3.63) is 82.7 Å². The predicted molar refractivity (Wildman–Crippen MR) is 127 cm³/mol. The van der Waals surface area contributed by atoms with Crippen LogP contribution >= 0.6 is 22.9 Å². The second-order valence-corrected chi connectivity index (χ2v) is 10.3. The van der Waals surface area contributed by atoms with Gasteiger partial charge in [0.2, 0.25) is 0 Å². The Labute approximate surface area is 205 Å². The first-order valence-corrected chi connectivity index (χ1v) is 12.6. The van der Waals surface area contributed by atoms with Gasteiger partial charge < -0.3 is 0 Å². The lowest BCUT2D eigenvalue weighted by Crippen LogP contribution is -2.15. The van der Waals surface area contributed by atoms with Gasteiger partial charge in [-0.2, -0.15) is 22.8 Å². The van der Waals surface area contributed by atoms with Crippen LogP contribution in [0.15, 0.2) is 77.0 Å². The van der Waals surface area contributed by atoms with Crippen molar-refractivity contribution in [1.82, 2.24) is 19.8 Å². The molecule has 0 atom stereocenters. The first kappa shape index (κ1) is 23.3. The fraction of sp³-hybridized carbons (Fsp3) is 0.0455. The van der Waals surface area contributed by atoms with E-state index in [1.165, 1.54) is 23.5 Å². The summed E-state index contributed by atoms with van der Waals surface area (Å²) in [6.45, 7) is 0. The Kier molecular flexibility index (Phi) is 5.74. The number of aromatic nitrogens is 4. The summed E-state index contributed by atoms with van der Waals surface area (Å²) in [7, 11) is -4.37. The van der Waals surface area contributed by atoms with Gasteiger partial charge in [0.15, 0.2) is 11.5 Å². The Balaban J connectivity index is 1.43. The highest BCUT2D eigenvalue weighted by Crippen LogP contribution is 2.34. The van der Waals surface area contributed by atoms with E-state index in [2.05, 4.69) is 20.0 Å². The lowest BCUT2D eigenvalue weighted by atomic mass is 10.1. The average molecular weight is 536 g/mol. The minimum Gasteiger partial charge on any atom is -0.280 e. The van der Waals surface area contributed by atoms with Crippen LogP contribution in [0.5, 0.6) is 0 Å². The van der Waals surface area contributed by atoms with Crippen LogP contribution in [0.1, 0.15) is 5.56 Å². The molecule has 0 aliphatic heterocycles. The molecule has 178 valence electrons. The quantitative estimate of drug-likeness (QED) is 0.298. The number of hydrogen-bond donors (Lipinski definition) is 1. The standard InChI is InChI=1S/C22H13ClF3N5O2S2/c23-16-8-5-14(22(24,25)26)12-19(16)35(32,33)30-15-6-3-13(4-7-15)17-9-10-20-27-28-21(31(20)29-17)18-2-1-11-34-18/h1-12,30H. The molecule has 0 fully saturated rings. The Morgan fingerprint density at radius 2 is 1.74 bits per heavy atom. The summed E-state index contributed by atoms with van der Waals surface area (Å²) in [5.41, 5.74) is 0.865. The summed E-state index contributed by atoms with van der Waals surface area (Å²) in [5, 5.41) is 14.5. The van der Waals surface area contributed by atoms with Gasteiger partial charge in [-0.15, -0.1) is 21.5 Å². The minimum absolute atomic E-state index is 0.145. The zero-order valence-corrected chi connectivity index (χ0v) is 19.8. The molecule has 13 heteroatoms. The van der Waals surface area contributed by atoms with E-state index in [1.54, 1.807) is 28.8 Å². The van der Waals surface area contributed by atoms with E-state index < -0.39 is 26.7 Å². The molecule has 0 aliphatic rings. The number of nitrogens with zero attached hydrogens (tertiary/aromatic N) is 4. The Hall–Kier alpha value is -3.48. The fourth-order valence-corrected chi connectivity index (χ4v) is 5.59. The number of fused-ring (bicyclic) bond motifs is 1. The SMILES string of the molecule is O=S(=O)(Nc1ccc(-c2ccc3nnc(-c4cccs4)n3n2)cc1)c1cc(C(F)(F)F)ccc1Cl. The molecular weight excluding hydrogens is 523 g/mol. The number of thiophene rings is 1. The Morgan fingerprint density at radius 3 is 2.43 bits per heavy atom. The van der Waals surface area contributed by atoms with Gasteiger partial charge in [-0.25, -0.2) is 8.42 Å². The minimum atomic E-state index is -4.71. The molecule has 3 aromatic heterocycles. The maximum atomic E-state index is 13.0. The molecule has 0 spiro atoms. The van der Waals surface area contributed by atoms with Crippen molar-refractivity contribution in [2.75, 3.05) is 4.72 Å². The largest absolute Gasteiger partial charge is 0.416 e. The van der Waals surface area contributed by atoms with Gasteiger partial charge in [-0.3, -0.25) is 4.72 Å². The summed E-state index contributed by atoms with van der Waals surface area (Å²) < 4.78 is 68.4. The molecule has 35 heavy (non-hydrogen) atoms. The van der Waals surface area contributed by atoms with Crippen LogP contribution < -0.4 is 4.72 Å². The van der Waals surface area contributed by atoms with Crippen molar-refractivity contribution < 1.29 is 21.6 Å². The summed E-state index contributed by atoms with van der Waals surface area (Å²) >= 11 is 7.39. The maximum absolute atomic E-state index is 13.0. The van der Waals surface area contributed by atoms with Crippen LogP contribution in [0.25, 0.3) is 27.6 Å². The fourth-order valence-electron chi connectivity index (χ4n) is 3.31. The summed E-state index contributed by atoms with van der Waals surface area (Å²) in [6, 6.07) is 15.7. The molecule has 0 unspecified atom stereocenters. The van der Waals surface area contributed by atoms with E-state index in [1.807, 2.05) is 17.5 Å². The predicted octanol–water partition coefficient (Wildman–Crippen LogP) is 5.99. The van der Waals surface area contributed by atoms with Crippen molar-refractivity contribution >= 4 is 44.3 Å². The molecule has 5 rings (SSSR count). The zero-order valence-electron chi connectivity index (χ0n) is 17.4. The number of sulfonamides is 1. The first-order valence-electron chi connectivity index (χ1n) is 9.88. The van der Waals surface area contributed by atoms with Gasteiger partial charge in [0.1, 0.15) is 4.90 Å². The van der Waals surface area contributed by atoms with Gasteiger partial charge in [0, 0.05) is 11.3 Å². The Morgan fingerprint density at radius 1 is 0.971 bits per heavy atom. The number of halogens is 4. The molecular formula is C22H13ClF3N5O2S2. The summed E-state index contributed by atoms with van der Waals surface area (Å²) in [4.78, 5) is 0.235. The van der Waals surface area contributed by atoms with Gasteiger partial charge >= 0.3 is 6.18 Å². The van der Waals surface area contributed by atoms with Crippen molar-refractivity contribution in [1.29, 1.82) is 0 Å². The molecule has 0 saturated heterocycles.